The van der Waals surface area contributed by atoms with E-state index in [0.29, 0.717) is 23.4 Å². The second-order valence-corrected chi connectivity index (χ2v) is 5.95. The van der Waals surface area contributed by atoms with Crippen molar-refractivity contribution in [3.05, 3.63) is 95.1 Å². The quantitative estimate of drug-likeness (QED) is 0.668. The minimum atomic E-state index is -0.870. The van der Waals surface area contributed by atoms with Crippen LogP contribution in [0.15, 0.2) is 66.7 Å². The molecule has 0 saturated heterocycles. The van der Waals surface area contributed by atoms with Gasteiger partial charge < -0.3 is 10.6 Å². The lowest BCUT2D eigenvalue weighted by Crippen LogP contribution is -2.12. The largest absolute Gasteiger partial charge is 0.381 e. The van der Waals surface area contributed by atoms with Gasteiger partial charge in [0.25, 0.3) is 5.91 Å². The molecule has 0 saturated carbocycles. The molecule has 3 aromatic carbocycles. The maximum Gasteiger partial charge on any atom is 0.255 e. The molecule has 3 aromatic rings. The van der Waals surface area contributed by atoms with Gasteiger partial charge in [-0.05, 0) is 54.4 Å². The molecule has 0 unspecified atom stereocenters. The summed E-state index contributed by atoms with van der Waals surface area (Å²) < 4.78 is 26.3. The van der Waals surface area contributed by atoms with Gasteiger partial charge in [0, 0.05) is 23.5 Å². The van der Waals surface area contributed by atoms with Gasteiger partial charge in [-0.2, -0.15) is 0 Å². The van der Waals surface area contributed by atoms with Gasteiger partial charge in [-0.3, -0.25) is 4.79 Å². The summed E-state index contributed by atoms with van der Waals surface area (Å²) in [7, 11) is 0. The highest BCUT2D eigenvalue weighted by Crippen LogP contribution is 2.22. The van der Waals surface area contributed by atoms with E-state index in [4.69, 9.17) is 0 Å². The highest BCUT2D eigenvalue weighted by Gasteiger charge is 2.08. The highest BCUT2D eigenvalue weighted by atomic mass is 19.2. The predicted molar refractivity (Wildman–Crippen MR) is 99.3 cm³/mol. The molecule has 0 aromatic heterocycles. The standard InChI is InChI=1S/C21H18F2N2O/c1-14-7-9-17(25-21(26)16-5-3-2-4-6-16)12-20(14)24-13-15-8-10-18(22)19(23)11-15/h2-12,24H,13H2,1H3,(H,25,26). The van der Waals surface area contributed by atoms with Crippen LogP contribution in [-0.4, -0.2) is 5.91 Å². The lowest BCUT2D eigenvalue weighted by atomic mass is 10.1. The lowest BCUT2D eigenvalue weighted by molar-refractivity contribution is 0.102. The average Bonchev–Trinajstić information content (AvgIpc) is 2.65. The normalized spacial score (nSPS) is 10.4. The Hall–Kier alpha value is -3.21. The van der Waals surface area contributed by atoms with Crippen LogP contribution in [0.3, 0.4) is 0 Å². The number of hydrogen-bond donors (Lipinski definition) is 2. The molecule has 0 atom stereocenters. The highest BCUT2D eigenvalue weighted by molar-refractivity contribution is 6.04. The molecular weight excluding hydrogens is 334 g/mol. The molecule has 0 heterocycles. The van der Waals surface area contributed by atoms with E-state index in [-0.39, 0.29) is 5.91 Å². The minimum Gasteiger partial charge on any atom is -0.381 e. The van der Waals surface area contributed by atoms with Crippen molar-refractivity contribution < 1.29 is 13.6 Å². The Morgan fingerprint density at radius 2 is 1.69 bits per heavy atom. The Labute approximate surface area is 150 Å². The van der Waals surface area contributed by atoms with Gasteiger partial charge in [0.1, 0.15) is 0 Å². The average molecular weight is 352 g/mol. The fraction of sp³-hybridized carbons (Fsp3) is 0.0952. The van der Waals surface area contributed by atoms with Gasteiger partial charge >= 0.3 is 0 Å². The van der Waals surface area contributed by atoms with Gasteiger partial charge in [-0.25, -0.2) is 8.78 Å². The van der Waals surface area contributed by atoms with E-state index in [0.717, 1.165) is 17.3 Å². The van der Waals surface area contributed by atoms with Crippen LogP contribution in [0.1, 0.15) is 21.5 Å². The number of halogens is 2. The second-order valence-electron chi connectivity index (χ2n) is 5.95. The van der Waals surface area contributed by atoms with E-state index in [2.05, 4.69) is 10.6 Å². The predicted octanol–water partition coefficient (Wildman–Crippen LogP) is 5.14. The Morgan fingerprint density at radius 3 is 2.42 bits per heavy atom. The molecule has 0 spiro atoms. The third-order valence-electron chi connectivity index (χ3n) is 4.00. The van der Waals surface area contributed by atoms with Gasteiger partial charge in [0.15, 0.2) is 11.6 Å². The smallest absolute Gasteiger partial charge is 0.255 e. The summed E-state index contributed by atoms with van der Waals surface area (Å²) in [5.74, 6) is -1.93. The molecule has 0 aliphatic carbocycles. The van der Waals surface area contributed by atoms with E-state index in [1.807, 2.05) is 31.2 Å². The van der Waals surface area contributed by atoms with E-state index in [9.17, 15) is 13.6 Å². The van der Waals surface area contributed by atoms with Crippen molar-refractivity contribution in [2.45, 2.75) is 13.5 Å². The fourth-order valence-corrected chi connectivity index (χ4v) is 2.53. The molecular formula is C21H18F2N2O. The van der Waals surface area contributed by atoms with E-state index in [1.165, 1.54) is 12.1 Å². The second kappa shape index (κ2) is 7.78. The first-order valence-electron chi connectivity index (χ1n) is 8.18. The van der Waals surface area contributed by atoms with Crippen molar-refractivity contribution >= 4 is 17.3 Å². The molecule has 5 heteroatoms. The molecule has 0 aliphatic heterocycles. The summed E-state index contributed by atoms with van der Waals surface area (Å²) >= 11 is 0. The van der Waals surface area contributed by atoms with Crippen LogP contribution in [0.4, 0.5) is 20.2 Å². The molecule has 26 heavy (non-hydrogen) atoms. The molecule has 1 amide bonds. The number of hydrogen-bond acceptors (Lipinski definition) is 2. The van der Waals surface area contributed by atoms with Crippen molar-refractivity contribution in [2.24, 2.45) is 0 Å². The van der Waals surface area contributed by atoms with Gasteiger partial charge in [0.05, 0.1) is 0 Å². The first kappa shape index (κ1) is 17.6. The number of carbonyl (C=O) groups is 1. The Morgan fingerprint density at radius 1 is 0.923 bits per heavy atom. The van der Waals surface area contributed by atoms with Crippen molar-refractivity contribution in [2.75, 3.05) is 10.6 Å². The first-order chi connectivity index (χ1) is 12.5. The Bertz CT molecular complexity index is 927. The number of benzene rings is 3. The van der Waals surface area contributed by atoms with Gasteiger partial charge in [-0.1, -0.05) is 30.3 Å². The van der Waals surface area contributed by atoms with Crippen LogP contribution >= 0.6 is 0 Å². The summed E-state index contributed by atoms with van der Waals surface area (Å²) in [5, 5.41) is 6.04. The molecule has 0 aliphatic rings. The molecule has 2 N–H and O–H groups in total. The monoisotopic (exact) mass is 352 g/mol. The number of nitrogens with one attached hydrogen (secondary N) is 2. The van der Waals surface area contributed by atoms with Crippen molar-refractivity contribution in [1.29, 1.82) is 0 Å². The van der Waals surface area contributed by atoms with Crippen LogP contribution in [0.2, 0.25) is 0 Å². The summed E-state index contributed by atoms with van der Waals surface area (Å²) in [6.07, 6.45) is 0. The zero-order chi connectivity index (χ0) is 18.5. The third-order valence-corrected chi connectivity index (χ3v) is 4.00. The number of carbonyl (C=O) groups excluding carboxylic acids is 1. The first-order valence-corrected chi connectivity index (χ1v) is 8.18. The van der Waals surface area contributed by atoms with Crippen molar-refractivity contribution in [3.8, 4) is 0 Å². The molecule has 0 bridgehead atoms. The minimum absolute atomic E-state index is 0.194. The van der Waals surface area contributed by atoms with Crippen molar-refractivity contribution in [3.63, 3.8) is 0 Å². The van der Waals surface area contributed by atoms with Crippen LogP contribution in [0.25, 0.3) is 0 Å². The van der Waals surface area contributed by atoms with E-state index >= 15 is 0 Å². The number of amides is 1. The van der Waals surface area contributed by atoms with Gasteiger partial charge in [0.2, 0.25) is 0 Å². The molecule has 132 valence electrons. The molecule has 3 rings (SSSR count). The summed E-state index contributed by atoms with van der Waals surface area (Å²) in [6.45, 7) is 2.27. The maximum atomic E-state index is 13.3. The topological polar surface area (TPSA) is 41.1 Å². The Balaban J connectivity index is 1.71. The lowest BCUT2D eigenvalue weighted by Gasteiger charge is -2.13. The number of rotatable bonds is 5. The Kier molecular flexibility index (Phi) is 5.27. The number of anilines is 2. The fourth-order valence-electron chi connectivity index (χ4n) is 2.53. The summed E-state index contributed by atoms with van der Waals surface area (Å²) in [4.78, 5) is 12.3. The molecule has 3 nitrogen and oxygen atoms in total. The molecule has 0 radical (unpaired) electrons. The van der Waals surface area contributed by atoms with Crippen LogP contribution in [-0.2, 0) is 6.54 Å². The zero-order valence-corrected chi connectivity index (χ0v) is 14.2. The zero-order valence-electron chi connectivity index (χ0n) is 14.2. The van der Waals surface area contributed by atoms with Crippen LogP contribution in [0.5, 0.6) is 0 Å². The van der Waals surface area contributed by atoms with Crippen molar-refractivity contribution in [1.82, 2.24) is 0 Å². The molecule has 0 fully saturated rings. The third kappa shape index (κ3) is 4.25. The summed E-state index contributed by atoms with van der Waals surface area (Å²) in [6, 6.07) is 18.3. The maximum absolute atomic E-state index is 13.3. The van der Waals surface area contributed by atoms with Crippen LogP contribution < -0.4 is 10.6 Å². The van der Waals surface area contributed by atoms with Crippen LogP contribution in [0, 0.1) is 18.6 Å². The number of aryl methyl sites for hydroxylation is 1. The summed E-state index contributed by atoms with van der Waals surface area (Å²) in [5.41, 5.74) is 3.63. The van der Waals surface area contributed by atoms with Gasteiger partial charge in [-0.15, -0.1) is 0 Å². The van der Waals surface area contributed by atoms with E-state index in [1.54, 1.807) is 24.3 Å². The SMILES string of the molecule is Cc1ccc(NC(=O)c2ccccc2)cc1NCc1ccc(F)c(F)c1. The van der Waals surface area contributed by atoms with E-state index < -0.39 is 11.6 Å².